The first-order valence-corrected chi connectivity index (χ1v) is 9.21. The molecule has 1 saturated heterocycles. The van der Waals surface area contributed by atoms with Gasteiger partial charge in [0, 0.05) is 36.8 Å². The predicted molar refractivity (Wildman–Crippen MR) is 101 cm³/mol. The molecular formula is C19H24ClFN4O. The number of hydrazone groups is 1. The van der Waals surface area contributed by atoms with Crippen LogP contribution in [-0.2, 0) is 10.3 Å². The molecule has 1 saturated carbocycles. The molecule has 1 aliphatic heterocycles. The van der Waals surface area contributed by atoms with Crippen LogP contribution in [0.2, 0.25) is 0 Å². The van der Waals surface area contributed by atoms with Gasteiger partial charge in [-0.1, -0.05) is 17.7 Å². The third-order valence-corrected chi connectivity index (χ3v) is 5.50. The Morgan fingerprint density at radius 2 is 2.00 bits per heavy atom. The van der Waals surface area contributed by atoms with E-state index in [2.05, 4.69) is 20.3 Å². The molecule has 140 valence electrons. The molecule has 1 amide bonds. The highest BCUT2D eigenvalue weighted by molar-refractivity contribution is 6.30. The number of hydrogen-bond acceptors (Lipinski definition) is 4. The summed E-state index contributed by atoms with van der Waals surface area (Å²) < 4.78 is 13.5. The summed E-state index contributed by atoms with van der Waals surface area (Å²) in [5, 5.41) is 4.50. The summed E-state index contributed by atoms with van der Waals surface area (Å²) in [6.45, 7) is 7.27. The van der Waals surface area contributed by atoms with Gasteiger partial charge in [-0.05, 0) is 49.9 Å². The lowest BCUT2D eigenvalue weighted by Crippen LogP contribution is -2.50. The van der Waals surface area contributed by atoms with Gasteiger partial charge in [0.2, 0.25) is 6.41 Å². The van der Waals surface area contributed by atoms with Crippen LogP contribution in [0.5, 0.6) is 0 Å². The number of rotatable bonds is 6. The molecule has 1 aromatic rings. The first-order valence-electron chi connectivity index (χ1n) is 8.83. The number of amides is 1. The van der Waals surface area contributed by atoms with Gasteiger partial charge in [0.15, 0.2) is 0 Å². The molecule has 7 heteroatoms. The highest BCUT2D eigenvalue weighted by atomic mass is 35.5. The summed E-state index contributed by atoms with van der Waals surface area (Å²) in [7, 11) is 0. The third kappa shape index (κ3) is 3.76. The zero-order valence-corrected chi connectivity index (χ0v) is 15.9. The summed E-state index contributed by atoms with van der Waals surface area (Å²) in [5.74, 6) is -0.178. The van der Waals surface area contributed by atoms with Crippen LogP contribution < -0.4 is 5.43 Å². The number of aryl methyl sites for hydroxylation is 1. The Morgan fingerprint density at radius 1 is 1.31 bits per heavy atom. The molecule has 0 spiro atoms. The van der Waals surface area contributed by atoms with Gasteiger partial charge >= 0.3 is 0 Å². The highest BCUT2D eigenvalue weighted by Crippen LogP contribution is 2.52. The van der Waals surface area contributed by atoms with Gasteiger partial charge in [0.25, 0.3) is 0 Å². The number of piperazine rings is 1. The third-order valence-electron chi connectivity index (χ3n) is 5.31. The molecule has 0 unspecified atom stereocenters. The van der Waals surface area contributed by atoms with E-state index in [1.165, 1.54) is 5.56 Å². The van der Waals surface area contributed by atoms with E-state index in [1.54, 1.807) is 18.3 Å². The lowest BCUT2D eigenvalue weighted by molar-refractivity contribution is -0.109. The number of hydrogen-bond donors (Lipinski definition) is 1. The molecule has 2 aliphatic rings. The SMILES string of the molecule is C/C(Cl)=C(\C=N/NC=O)N1CCN(C2(c3ccc(F)cc3C)CC2)CC1. The number of nitrogens with one attached hydrogen (secondary N) is 1. The van der Waals surface area contributed by atoms with Crippen molar-refractivity contribution in [2.45, 2.75) is 32.2 Å². The van der Waals surface area contributed by atoms with Crippen molar-refractivity contribution in [2.24, 2.45) is 5.10 Å². The first-order chi connectivity index (χ1) is 12.5. The maximum atomic E-state index is 13.5. The molecule has 1 aromatic carbocycles. The zero-order chi connectivity index (χ0) is 18.7. The Kier molecular flexibility index (Phi) is 5.63. The number of halogens is 2. The van der Waals surface area contributed by atoms with Crippen LogP contribution in [0.25, 0.3) is 0 Å². The number of carbonyl (C=O) groups excluding carboxylic acids is 1. The van der Waals surface area contributed by atoms with Crippen LogP contribution in [0.4, 0.5) is 4.39 Å². The van der Waals surface area contributed by atoms with Crippen molar-refractivity contribution in [3.05, 3.63) is 45.9 Å². The lowest BCUT2D eigenvalue weighted by atomic mass is 9.96. The quantitative estimate of drug-likeness (QED) is 0.470. The van der Waals surface area contributed by atoms with Crippen molar-refractivity contribution in [3.63, 3.8) is 0 Å². The van der Waals surface area contributed by atoms with Gasteiger partial charge in [0.1, 0.15) is 5.82 Å². The first kappa shape index (κ1) is 18.9. The predicted octanol–water partition coefficient (Wildman–Crippen LogP) is 2.94. The van der Waals surface area contributed by atoms with Crippen molar-refractivity contribution in [3.8, 4) is 0 Å². The summed E-state index contributed by atoms with van der Waals surface area (Å²) in [6, 6.07) is 5.13. The second kappa shape index (κ2) is 7.76. The molecule has 5 nitrogen and oxygen atoms in total. The number of benzene rings is 1. The van der Waals surface area contributed by atoms with Crippen LogP contribution in [-0.4, -0.2) is 48.6 Å². The normalized spacial score (nSPS) is 20.8. The van der Waals surface area contributed by atoms with E-state index in [4.69, 9.17) is 11.6 Å². The van der Waals surface area contributed by atoms with Gasteiger partial charge in [-0.15, -0.1) is 0 Å². The molecule has 0 bridgehead atoms. The Hall–Kier alpha value is -1.92. The molecule has 26 heavy (non-hydrogen) atoms. The van der Waals surface area contributed by atoms with E-state index in [9.17, 15) is 9.18 Å². The molecule has 0 radical (unpaired) electrons. The van der Waals surface area contributed by atoms with Crippen molar-refractivity contribution >= 4 is 24.2 Å². The topological polar surface area (TPSA) is 47.9 Å². The summed E-state index contributed by atoms with van der Waals surface area (Å²) in [4.78, 5) is 15.0. The van der Waals surface area contributed by atoms with Crippen LogP contribution >= 0.6 is 11.6 Å². The minimum absolute atomic E-state index is 0.0525. The van der Waals surface area contributed by atoms with Crippen LogP contribution in [0.1, 0.15) is 30.9 Å². The van der Waals surface area contributed by atoms with E-state index >= 15 is 0 Å². The minimum Gasteiger partial charge on any atom is -0.367 e. The van der Waals surface area contributed by atoms with Crippen molar-refractivity contribution in [1.82, 2.24) is 15.2 Å². The van der Waals surface area contributed by atoms with Crippen LogP contribution in [0.15, 0.2) is 34.0 Å². The summed E-state index contributed by atoms with van der Waals surface area (Å²) >= 11 is 6.21. The van der Waals surface area contributed by atoms with Crippen molar-refractivity contribution in [2.75, 3.05) is 26.2 Å². The van der Waals surface area contributed by atoms with E-state index in [-0.39, 0.29) is 11.4 Å². The van der Waals surface area contributed by atoms with Crippen LogP contribution in [0.3, 0.4) is 0 Å². The maximum absolute atomic E-state index is 13.5. The Labute approximate surface area is 158 Å². The monoisotopic (exact) mass is 378 g/mol. The van der Waals surface area contributed by atoms with Gasteiger partial charge < -0.3 is 4.90 Å². The van der Waals surface area contributed by atoms with Crippen molar-refractivity contribution < 1.29 is 9.18 Å². The molecule has 2 fully saturated rings. The van der Waals surface area contributed by atoms with Gasteiger partial charge in [0.05, 0.1) is 11.9 Å². The number of carbonyl (C=O) groups is 1. The lowest BCUT2D eigenvalue weighted by Gasteiger charge is -2.41. The zero-order valence-electron chi connectivity index (χ0n) is 15.1. The summed E-state index contributed by atoms with van der Waals surface area (Å²) in [5.41, 5.74) is 5.42. The molecule has 1 N–H and O–H groups in total. The molecular weight excluding hydrogens is 355 g/mol. The second-order valence-corrected chi connectivity index (χ2v) is 7.46. The van der Waals surface area contributed by atoms with E-state index in [1.807, 2.05) is 19.9 Å². The fourth-order valence-corrected chi connectivity index (χ4v) is 4.08. The van der Waals surface area contributed by atoms with Gasteiger partial charge in [-0.2, -0.15) is 5.10 Å². The van der Waals surface area contributed by atoms with E-state index in [0.29, 0.717) is 11.4 Å². The molecule has 0 atom stereocenters. The Morgan fingerprint density at radius 3 is 2.54 bits per heavy atom. The molecule has 3 rings (SSSR count). The minimum atomic E-state index is -0.178. The highest BCUT2D eigenvalue weighted by Gasteiger charge is 2.50. The molecule has 0 aromatic heterocycles. The number of nitrogens with zero attached hydrogens (tertiary/aromatic N) is 3. The largest absolute Gasteiger partial charge is 0.367 e. The Balaban J connectivity index is 1.70. The smallest absolute Gasteiger partial charge is 0.227 e. The average molecular weight is 379 g/mol. The van der Waals surface area contributed by atoms with Gasteiger partial charge in [-0.3, -0.25) is 9.69 Å². The Bertz CT molecular complexity index is 733. The van der Waals surface area contributed by atoms with E-state index in [0.717, 1.165) is 50.3 Å². The fraction of sp³-hybridized carbons (Fsp3) is 0.474. The standard InChI is InChI=1S/C19H24ClFN4O/c1-14-11-16(21)3-4-17(14)19(5-6-19)25-9-7-24(8-10-25)18(15(2)20)12-22-23-13-26/h3-4,11-13H,5-10H2,1-2H3,(H,23,26)/b18-15-,22-12-. The summed E-state index contributed by atoms with van der Waals surface area (Å²) in [6.07, 6.45) is 4.34. The number of allylic oxidation sites excluding steroid dienone is 2. The fourth-order valence-electron chi connectivity index (χ4n) is 3.92. The molecule has 1 heterocycles. The molecule has 1 aliphatic carbocycles. The van der Waals surface area contributed by atoms with Crippen LogP contribution in [0, 0.1) is 12.7 Å². The average Bonchev–Trinajstić information content (AvgIpc) is 3.40. The van der Waals surface area contributed by atoms with Crippen molar-refractivity contribution in [1.29, 1.82) is 0 Å². The van der Waals surface area contributed by atoms with Gasteiger partial charge in [-0.25, -0.2) is 9.82 Å². The second-order valence-electron chi connectivity index (χ2n) is 6.89. The van der Waals surface area contributed by atoms with E-state index < -0.39 is 0 Å². The maximum Gasteiger partial charge on any atom is 0.227 e.